The summed E-state index contributed by atoms with van der Waals surface area (Å²) in [6, 6.07) is 6.05. The van der Waals surface area contributed by atoms with Crippen molar-refractivity contribution in [3.8, 4) is 5.75 Å². The quantitative estimate of drug-likeness (QED) is 0.858. The van der Waals surface area contributed by atoms with Crippen LogP contribution in [0.15, 0.2) is 18.2 Å². The van der Waals surface area contributed by atoms with Crippen LogP contribution in [-0.4, -0.2) is 22.7 Å². The molecule has 0 atom stereocenters. The molecule has 0 aliphatic carbocycles. The smallest absolute Gasteiger partial charge is 0.121 e. The van der Waals surface area contributed by atoms with E-state index >= 15 is 0 Å². The van der Waals surface area contributed by atoms with E-state index in [9.17, 15) is 0 Å². The molecule has 0 saturated heterocycles. The molecule has 2 rings (SSSR count). The Labute approximate surface area is 101 Å². The van der Waals surface area contributed by atoms with Crippen molar-refractivity contribution in [1.29, 1.82) is 0 Å². The van der Waals surface area contributed by atoms with Gasteiger partial charge < -0.3 is 15.0 Å². The second-order valence-electron chi connectivity index (χ2n) is 3.89. The summed E-state index contributed by atoms with van der Waals surface area (Å²) in [4.78, 5) is 4.62. The van der Waals surface area contributed by atoms with Gasteiger partial charge in [0.05, 0.1) is 17.6 Å². The molecule has 0 unspecified atom stereocenters. The Morgan fingerprint density at radius 2 is 2.18 bits per heavy atom. The highest BCUT2D eigenvalue weighted by Gasteiger charge is 2.09. The molecule has 2 aromatic rings. The molecular weight excluding hydrogens is 214 g/mol. The number of rotatable bonds is 5. The molecule has 17 heavy (non-hydrogen) atoms. The third-order valence-electron chi connectivity index (χ3n) is 2.79. The van der Waals surface area contributed by atoms with Gasteiger partial charge in [-0.15, -0.1) is 0 Å². The highest BCUT2D eigenvalue weighted by atomic mass is 16.5. The number of hydrogen-bond acceptors (Lipinski definition) is 3. The molecule has 1 aromatic heterocycles. The Kier molecular flexibility index (Phi) is 3.64. The first-order valence-electron chi connectivity index (χ1n) is 6.12. The fourth-order valence-corrected chi connectivity index (χ4v) is 2.09. The van der Waals surface area contributed by atoms with Crippen LogP contribution in [0.25, 0.3) is 11.0 Å². The molecule has 0 amide bonds. The molecule has 4 nitrogen and oxygen atoms in total. The zero-order valence-electron chi connectivity index (χ0n) is 10.4. The van der Waals surface area contributed by atoms with E-state index in [4.69, 9.17) is 10.5 Å². The highest BCUT2D eigenvalue weighted by Crippen LogP contribution is 2.22. The SMILES string of the molecule is CCOc1ccc2c(c1)nc(CCN)n2CC. The largest absolute Gasteiger partial charge is 0.494 e. The Balaban J connectivity index is 2.48. The van der Waals surface area contributed by atoms with Crippen molar-refractivity contribution in [2.24, 2.45) is 5.73 Å². The van der Waals surface area contributed by atoms with Gasteiger partial charge in [0.15, 0.2) is 0 Å². The average molecular weight is 233 g/mol. The zero-order chi connectivity index (χ0) is 12.3. The summed E-state index contributed by atoms with van der Waals surface area (Å²) >= 11 is 0. The Hall–Kier alpha value is -1.55. The standard InChI is InChI=1S/C13H19N3O/c1-3-16-12-6-5-10(17-4-2)9-11(12)15-13(16)7-8-14/h5-6,9H,3-4,7-8,14H2,1-2H3. The van der Waals surface area contributed by atoms with Gasteiger partial charge in [0.25, 0.3) is 0 Å². The number of fused-ring (bicyclic) bond motifs is 1. The first-order chi connectivity index (χ1) is 8.30. The van der Waals surface area contributed by atoms with Crippen LogP contribution >= 0.6 is 0 Å². The van der Waals surface area contributed by atoms with Crippen molar-refractivity contribution in [2.75, 3.05) is 13.2 Å². The summed E-state index contributed by atoms with van der Waals surface area (Å²) in [6.07, 6.45) is 0.812. The summed E-state index contributed by atoms with van der Waals surface area (Å²) in [5.74, 6) is 1.93. The van der Waals surface area contributed by atoms with Gasteiger partial charge in [-0.1, -0.05) is 0 Å². The molecular formula is C13H19N3O. The van der Waals surface area contributed by atoms with Crippen LogP contribution in [0.1, 0.15) is 19.7 Å². The van der Waals surface area contributed by atoms with Crippen molar-refractivity contribution in [3.05, 3.63) is 24.0 Å². The third-order valence-corrected chi connectivity index (χ3v) is 2.79. The van der Waals surface area contributed by atoms with Crippen molar-refractivity contribution in [3.63, 3.8) is 0 Å². The minimum Gasteiger partial charge on any atom is -0.494 e. The average Bonchev–Trinajstić information content (AvgIpc) is 2.66. The maximum atomic E-state index is 5.61. The molecule has 0 saturated carbocycles. The molecule has 0 bridgehead atoms. The lowest BCUT2D eigenvalue weighted by Gasteiger charge is -2.05. The maximum absolute atomic E-state index is 5.61. The van der Waals surface area contributed by atoms with E-state index in [0.29, 0.717) is 13.2 Å². The van der Waals surface area contributed by atoms with E-state index in [1.165, 1.54) is 0 Å². The molecule has 1 heterocycles. The van der Waals surface area contributed by atoms with E-state index in [1.54, 1.807) is 0 Å². The molecule has 0 aliphatic heterocycles. The number of ether oxygens (including phenoxy) is 1. The third kappa shape index (κ3) is 2.26. The van der Waals surface area contributed by atoms with Gasteiger partial charge in [-0.05, 0) is 32.5 Å². The van der Waals surface area contributed by atoms with Gasteiger partial charge in [0.1, 0.15) is 11.6 Å². The first-order valence-corrected chi connectivity index (χ1v) is 6.12. The summed E-state index contributed by atoms with van der Waals surface area (Å²) in [5, 5.41) is 0. The topological polar surface area (TPSA) is 53.1 Å². The molecule has 92 valence electrons. The summed E-state index contributed by atoms with van der Waals surface area (Å²) < 4.78 is 7.69. The first kappa shape index (κ1) is 11.9. The van der Waals surface area contributed by atoms with E-state index in [1.807, 2.05) is 19.1 Å². The Morgan fingerprint density at radius 3 is 2.82 bits per heavy atom. The molecule has 4 heteroatoms. The normalized spacial score (nSPS) is 11.0. The molecule has 2 N–H and O–H groups in total. The number of nitrogens with zero attached hydrogens (tertiary/aromatic N) is 2. The van der Waals surface area contributed by atoms with Crippen LogP contribution in [0.2, 0.25) is 0 Å². The van der Waals surface area contributed by atoms with Crippen molar-refractivity contribution >= 4 is 11.0 Å². The predicted octanol–water partition coefficient (Wildman–Crippen LogP) is 1.96. The Bertz CT molecular complexity index is 505. The summed E-state index contributed by atoms with van der Waals surface area (Å²) in [6.45, 7) is 6.32. The number of nitrogens with two attached hydrogens (primary N) is 1. The van der Waals surface area contributed by atoms with Crippen LogP contribution < -0.4 is 10.5 Å². The minimum absolute atomic E-state index is 0.627. The number of hydrogen-bond donors (Lipinski definition) is 1. The number of aromatic nitrogens is 2. The van der Waals surface area contributed by atoms with E-state index in [-0.39, 0.29) is 0 Å². The van der Waals surface area contributed by atoms with Crippen LogP contribution in [0.4, 0.5) is 0 Å². The maximum Gasteiger partial charge on any atom is 0.121 e. The molecule has 0 spiro atoms. The number of imidazole rings is 1. The van der Waals surface area contributed by atoms with Crippen LogP contribution in [0, 0.1) is 0 Å². The number of benzene rings is 1. The lowest BCUT2D eigenvalue weighted by molar-refractivity contribution is 0.340. The fraction of sp³-hybridized carbons (Fsp3) is 0.462. The molecule has 0 fully saturated rings. The minimum atomic E-state index is 0.627. The van der Waals surface area contributed by atoms with Gasteiger partial charge >= 0.3 is 0 Å². The summed E-state index contributed by atoms with van der Waals surface area (Å²) in [5.41, 5.74) is 7.75. The molecule has 0 aliphatic rings. The van der Waals surface area contributed by atoms with Crippen LogP contribution in [0.3, 0.4) is 0 Å². The van der Waals surface area contributed by atoms with Gasteiger partial charge in [-0.25, -0.2) is 4.98 Å². The van der Waals surface area contributed by atoms with Gasteiger partial charge in [0, 0.05) is 19.0 Å². The molecule has 0 radical (unpaired) electrons. The van der Waals surface area contributed by atoms with Gasteiger partial charge in [-0.3, -0.25) is 0 Å². The van der Waals surface area contributed by atoms with Crippen molar-refractivity contribution in [2.45, 2.75) is 26.8 Å². The van der Waals surface area contributed by atoms with Gasteiger partial charge in [0.2, 0.25) is 0 Å². The lowest BCUT2D eigenvalue weighted by atomic mass is 10.3. The van der Waals surface area contributed by atoms with Gasteiger partial charge in [-0.2, -0.15) is 0 Å². The predicted molar refractivity (Wildman–Crippen MR) is 69.3 cm³/mol. The summed E-state index contributed by atoms with van der Waals surface area (Å²) in [7, 11) is 0. The lowest BCUT2D eigenvalue weighted by Crippen LogP contribution is -2.09. The second kappa shape index (κ2) is 5.19. The molecule has 1 aromatic carbocycles. The zero-order valence-corrected chi connectivity index (χ0v) is 10.4. The highest BCUT2D eigenvalue weighted by molar-refractivity contribution is 5.77. The van der Waals surface area contributed by atoms with Crippen LogP contribution in [-0.2, 0) is 13.0 Å². The van der Waals surface area contributed by atoms with Crippen LogP contribution in [0.5, 0.6) is 5.75 Å². The number of aryl methyl sites for hydroxylation is 1. The fourth-order valence-electron chi connectivity index (χ4n) is 2.09. The van der Waals surface area contributed by atoms with E-state index in [2.05, 4.69) is 22.5 Å². The van der Waals surface area contributed by atoms with E-state index < -0.39 is 0 Å². The van der Waals surface area contributed by atoms with E-state index in [0.717, 1.165) is 35.6 Å². The Morgan fingerprint density at radius 1 is 1.35 bits per heavy atom. The van der Waals surface area contributed by atoms with Crippen molar-refractivity contribution in [1.82, 2.24) is 9.55 Å². The second-order valence-corrected chi connectivity index (χ2v) is 3.89. The monoisotopic (exact) mass is 233 g/mol. The van der Waals surface area contributed by atoms with Crippen molar-refractivity contribution < 1.29 is 4.74 Å².